The average molecular weight is 304 g/mol. The van der Waals surface area contributed by atoms with Crippen LogP contribution in [0.25, 0.3) is 0 Å². The Morgan fingerprint density at radius 1 is 1.19 bits per heavy atom. The first kappa shape index (κ1) is 17.1. The highest BCUT2D eigenvalue weighted by Gasteiger charge is 2.39. The molecule has 0 aliphatic rings. The molecule has 7 heteroatoms. The summed E-state index contributed by atoms with van der Waals surface area (Å²) < 4.78 is 42.4. The van der Waals surface area contributed by atoms with E-state index < -0.39 is 23.7 Å². The number of anilines is 1. The highest BCUT2D eigenvalue weighted by Crippen LogP contribution is 2.22. The molecule has 0 aliphatic heterocycles. The van der Waals surface area contributed by atoms with E-state index in [9.17, 15) is 18.0 Å². The number of ether oxygens (including phenoxy) is 1. The molecule has 0 aliphatic carbocycles. The minimum Gasteiger partial charge on any atom is -0.497 e. The number of hydrogen-bond acceptors (Lipinski definition) is 3. The Morgan fingerprint density at radius 2 is 1.71 bits per heavy atom. The summed E-state index contributed by atoms with van der Waals surface area (Å²) in [4.78, 5) is 12.0. The van der Waals surface area contributed by atoms with Gasteiger partial charge in [-0.25, -0.2) is 0 Å². The molecule has 0 saturated heterocycles. The number of carbonyl (C=O) groups is 1. The molecule has 1 unspecified atom stereocenters. The van der Waals surface area contributed by atoms with E-state index in [1.807, 2.05) is 5.32 Å². The first-order valence-electron chi connectivity index (χ1n) is 6.36. The van der Waals surface area contributed by atoms with Crippen LogP contribution in [0.3, 0.4) is 0 Å². The van der Waals surface area contributed by atoms with E-state index in [1.165, 1.54) is 21.0 Å². The molecule has 0 saturated carbocycles. The maximum absolute atomic E-state index is 12.5. The van der Waals surface area contributed by atoms with Crippen molar-refractivity contribution in [1.29, 1.82) is 0 Å². The van der Waals surface area contributed by atoms with E-state index in [4.69, 9.17) is 4.74 Å². The number of alkyl halides is 3. The summed E-state index contributed by atoms with van der Waals surface area (Å²) >= 11 is 0. The van der Waals surface area contributed by atoms with Crippen LogP contribution in [0.1, 0.15) is 20.8 Å². The van der Waals surface area contributed by atoms with Crippen molar-refractivity contribution in [2.75, 3.05) is 12.4 Å². The first-order valence-corrected chi connectivity index (χ1v) is 6.36. The molecule has 0 radical (unpaired) electrons. The van der Waals surface area contributed by atoms with Gasteiger partial charge in [0, 0.05) is 5.69 Å². The number of amides is 1. The van der Waals surface area contributed by atoms with Crippen LogP contribution in [-0.2, 0) is 4.79 Å². The Kier molecular flexibility index (Phi) is 5.09. The van der Waals surface area contributed by atoms with Crippen LogP contribution >= 0.6 is 0 Å². The van der Waals surface area contributed by atoms with Gasteiger partial charge in [0.1, 0.15) is 17.3 Å². The van der Waals surface area contributed by atoms with E-state index >= 15 is 0 Å². The van der Waals surface area contributed by atoms with E-state index in [-0.39, 0.29) is 0 Å². The fourth-order valence-corrected chi connectivity index (χ4v) is 1.55. The van der Waals surface area contributed by atoms with Gasteiger partial charge in [-0.3, -0.25) is 4.79 Å². The zero-order chi connectivity index (χ0) is 16.3. The first-order chi connectivity index (χ1) is 9.56. The quantitative estimate of drug-likeness (QED) is 0.879. The maximum Gasteiger partial charge on any atom is 0.408 e. The second-order valence-corrected chi connectivity index (χ2v) is 5.22. The van der Waals surface area contributed by atoms with Crippen molar-refractivity contribution in [2.24, 2.45) is 0 Å². The Labute approximate surface area is 121 Å². The number of hydrogen-bond donors (Lipinski definition) is 2. The second kappa shape index (κ2) is 6.24. The average Bonchev–Trinajstić information content (AvgIpc) is 2.38. The summed E-state index contributed by atoms with van der Waals surface area (Å²) in [5.74, 6) is -0.0864. The van der Waals surface area contributed by atoms with Gasteiger partial charge in [0.25, 0.3) is 0 Å². The summed E-state index contributed by atoms with van der Waals surface area (Å²) in [6.07, 6.45) is -4.47. The number of halogens is 3. The maximum atomic E-state index is 12.5. The molecule has 4 nitrogen and oxygen atoms in total. The Bertz CT molecular complexity index is 484. The normalized spacial score (nSPS) is 13.5. The van der Waals surface area contributed by atoms with Crippen molar-refractivity contribution in [2.45, 2.75) is 38.5 Å². The Morgan fingerprint density at radius 3 is 2.14 bits per heavy atom. The lowest BCUT2D eigenvalue weighted by atomic mass is 10.0. The highest BCUT2D eigenvalue weighted by molar-refractivity contribution is 5.88. The summed E-state index contributed by atoms with van der Waals surface area (Å²) in [5, 5.41) is 4.84. The van der Waals surface area contributed by atoms with Gasteiger partial charge in [0.05, 0.1) is 7.11 Å². The van der Waals surface area contributed by atoms with Crippen molar-refractivity contribution < 1.29 is 22.7 Å². The fourth-order valence-electron chi connectivity index (χ4n) is 1.55. The Balaban J connectivity index is 2.73. The minimum absolute atomic E-state index is 0.607. The van der Waals surface area contributed by atoms with Crippen LogP contribution in [0, 0.1) is 0 Å². The monoisotopic (exact) mass is 304 g/mol. The number of carbonyl (C=O) groups excluding carboxylic acids is 1. The van der Waals surface area contributed by atoms with Crippen molar-refractivity contribution in [3.63, 3.8) is 0 Å². The third-order valence-corrected chi connectivity index (χ3v) is 2.95. The van der Waals surface area contributed by atoms with Gasteiger partial charge in [-0.05, 0) is 45.0 Å². The molecule has 1 atom stereocenters. The van der Waals surface area contributed by atoms with Gasteiger partial charge in [-0.1, -0.05) is 0 Å². The lowest BCUT2D eigenvalue weighted by Crippen LogP contribution is -2.53. The summed E-state index contributed by atoms with van der Waals surface area (Å²) in [5.41, 5.74) is -0.579. The molecule has 0 aromatic heterocycles. The predicted octanol–water partition coefficient (Wildman–Crippen LogP) is 2.95. The second-order valence-electron chi connectivity index (χ2n) is 5.22. The molecule has 2 N–H and O–H groups in total. The van der Waals surface area contributed by atoms with Crippen LogP contribution in [0.4, 0.5) is 18.9 Å². The van der Waals surface area contributed by atoms with Crippen LogP contribution in [0.2, 0.25) is 0 Å². The van der Waals surface area contributed by atoms with Crippen molar-refractivity contribution in [3.8, 4) is 5.75 Å². The van der Waals surface area contributed by atoms with Crippen LogP contribution in [0.5, 0.6) is 5.75 Å². The number of nitrogens with one attached hydrogen (secondary N) is 2. The van der Waals surface area contributed by atoms with E-state index in [1.54, 1.807) is 24.3 Å². The predicted molar refractivity (Wildman–Crippen MR) is 74.4 cm³/mol. The van der Waals surface area contributed by atoms with Gasteiger partial charge >= 0.3 is 6.18 Å². The van der Waals surface area contributed by atoms with Crippen molar-refractivity contribution in [1.82, 2.24) is 5.32 Å². The topological polar surface area (TPSA) is 50.4 Å². The molecular weight excluding hydrogens is 285 g/mol. The SMILES string of the molecule is COc1ccc(NC(C)(C)C(=O)NC(C)C(F)(F)F)cc1. The molecule has 0 spiro atoms. The van der Waals surface area contributed by atoms with E-state index in [2.05, 4.69) is 5.32 Å². The van der Waals surface area contributed by atoms with Crippen molar-refractivity contribution >= 4 is 11.6 Å². The molecule has 0 fully saturated rings. The summed E-state index contributed by atoms with van der Waals surface area (Å²) in [6.45, 7) is 3.92. The number of methoxy groups -OCH3 is 1. The van der Waals surface area contributed by atoms with Crippen LogP contribution < -0.4 is 15.4 Å². The minimum atomic E-state index is -4.47. The van der Waals surface area contributed by atoms with Gasteiger partial charge < -0.3 is 15.4 Å². The number of rotatable bonds is 5. The van der Waals surface area contributed by atoms with Gasteiger partial charge in [0.2, 0.25) is 5.91 Å². The van der Waals surface area contributed by atoms with Crippen LogP contribution in [-0.4, -0.2) is 30.8 Å². The van der Waals surface area contributed by atoms with E-state index in [0.29, 0.717) is 11.4 Å². The van der Waals surface area contributed by atoms with E-state index in [0.717, 1.165) is 6.92 Å². The van der Waals surface area contributed by atoms with Gasteiger partial charge in [0.15, 0.2) is 0 Å². The highest BCUT2D eigenvalue weighted by atomic mass is 19.4. The third-order valence-electron chi connectivity index (χ3n) is 2.95. The standard InChI is InChI=1S/C14H19F3N2O2/c1-9(14(15,16)17)18-12(20)13(2,3)19-10-5-7-11(21-4)8-6-10/h5-9,19H,1-4H3,(H,18,20). The number of benzene rings is 1. The Hall–Kier alpha value is -1.92. The molecule has 1 aromatic rings. The lowest BCUT2D eigenvalue weighted by Gasteiger charge is -2.28. The van der Waals surface area contributed by atoms with Crippen molar-refractivity contribution in [3.05, 3.63) is 24.3 Å². The molecular formula is C14H19F3N2O2. The summed E-state index contributed by atoms with van der Waals surface area (Å²) in [6, 6.07) is 4.84. The molecule has 118 valence electrons. The lowest BCUT2D eigenvalue weighted by molar-refractivity contribution is -0.159. The molecule has 1 aromatic carbocycles. The largest absolute Gasteiger partial charge is 0.497 e. The third kappa shape index (κ3) is 4.84. The molecule has 0 bridgehead atoms. The zero-order valence-corrected chi connectivity index (χ0v) is 12.3. The molecule has 1 rings (SSSR count). The zero-order valence-electron chi connectivity index (χ0n) is 12.3. The van der Waals surface area contributed by atoms with Gasteiger partial charge in [-0.2, -0.15) is 13.2 Å². The smallest absolute Gasteiger partial charge is 0.408 e. The molecule has 1 amide bonds. The fraction of sp³-hybridized carbons (Fsp3) is 0.500. The summed E-state index contributed by atoms with van der Waals surface area (Å²) in [7, 11) is 1.53. The molecule has 21 heavy (non-hydrogen) atoms. The van der Waals surface area contributed by atoms with Gasteiger partial charge in [-0.15, -0.1) is 0 Å². The molecule has 0 heterocycles. The van der Waals surface area contributed by atoms with Crippen LogP contribution in [0.15, 0.2) is 24.3 Å².